The van der Waals surface area contributed by atoms with Gasteiger partial charge in [0.1, 0.15) is 5.65 Å². The molecule has 0 radical (unpaired) electrons. The molecule has 2 fully saturated rings. The average molecular weight is 518 g/mol. The summed E-state index contributed by atoms with van der Waals surface area (Å²) in [5.74, 6) is 0.126. The molecule has 5 heterocycles. The minimum absolute atomic E-state index is 0.126. The van der Waals surface area contributed by atoms with Crippen LogP contribution in [0.2, 0.25) is 0 Å². The van der Waals surface area contributed by atoms with Gasteiger partial charge in [-0.2, -0.15) is 0 Å². The van der Waals surface area contributed by atoms with Gasteiger partial charge in [0.05, 0.1) is 25.1 Å². The number of benzene rings is 2. The number of pyridine rings is 2. The number of nitrogens with zero attached hydrogens (tertiary/aromatic N) is 5. The largest absolute Gasteiger partial charge is 0.379 e. The van der Waals surface area contributed by atoms with Crippen LogP contribution in [0.1, 0.15) is 23.2 Å². The maximum Gasteiger partial charge on any atom is 0.253 e. The van der Waals surface area contributed by atoms with E-state index in [1.807, 2.05) is 47.8 Å². The third-order valence-electron chi connectivity index (χ3n) is 8.22. The molecule has 39 heavy (non-hydrogen) atoms. The summed E-state index contributed by atoms with van der Waals surface area (Å²) in [5.41, 5.74) is 5.95. The monoisotopic (exact) mass is 517 g/mol. The highest BCUT2D eigenvalue weighted by Gasteiger charge is 2.28. The molecule has 7 nitrogen and oxygen atoms in total. The Morgan fingerprint density at radius 1 is 0.795 bits per heavy atom. The van der Waals surface area contributed by atoms with Crippen LogP contribution in [0.5, 0.6) is 0 Å². The molecule has 2 aromatic carbocycles. The zero-order chi connectivity index (χ0) is 26.2. The summed E-state index contributed by atoms with van der Waals surface area (Å²) < 4.78 is 7.63. The molecular formula is C32H31N5O2. The smallest absolute Gasteiger partial charge is 0.253 e. The minimum atomic E-state index is 0.126. The molecule has 3 aromatic heterocycles. The first kappa shape index (κ1) is 24.0. The molecule has 0 atom stereocenters. The average Bonchev–Trinajstić information content (AvgIpc) is 3.44. The van der Waals surface area contributed by atoms with E-state index in [0.29, 0.717) is 6.04 Å². The third-order valence-corrected chi connectivity index (χ3v) is 8.22. The van der Waals surface area contributed by atoms with Crippen molar-refractivity contribution in [3.63, 3.8) is 0 Å². The van der Waals surface area contributed by atoms with Gasteiger partial charge >= 0.3 is 0 Å². The van der Waals surface area contributed by atoms with Crippen molar-refractivity contribution in [3.8, 4) is 22.4 Å². The Labute approximate surface area is 227 Å². The van der Waals surface area contributed by atoms with Gasteiger partial charge in [0.15, 0.2) is 0 Å². The van der Waals surface area contributed by atoms with E-state index in [1.165, 1.54) is 0 Å². The lowest BCUT2D eigenvalue weighted by molar-refractivity contribution is 0.00159. The predicted octanol–water partition coefficient (Wildman–Crippen LogP) is 5.15. The fraction of sp³-hybridized carbons (Fsp3) is 0.281. The van der Waals surface area contributed by atoms with Crippen molar-refractivity contribution in [2.24, 2.45) is 0 Å². The number of carbonyl (C=O) groups excluding carboxylic acids is 1. The molecule has 5 aromatic rings. The van der Waals surface area contributed by atoms with Gasteiger partial charge in [0, 0.05) is 67.3 Å². The van der Waals surface area contributed by atoms with E-state index in [-0.39, 0.29) is 5.91 Å². The molecule has 196 valence electrons. The second-order valence-electron chi connectivity index (χ2n) is 10.5. The first-order chi connectivity index (χ1) is 19.2. The van der Waals surface area contributed by atoms with Gasteiger partial charge in [-0.3, -0.25) is 19.1 Å². The van der Waals surface area contributed by atoms with E-state index in [2.05, 4.69) is 61.9 Å². The Kier molecular flexibility index (Phi) is 6.31. The molecule has 1 amide bonds. The van der Waals surface area contributed by atoms with Crippen LogP contribution in [0.25, 0.3) is 38.8 Å². The first-order valence-corrected chi connectivity index (χ1v) is 13.8. The van der Waals surface area contributed by atoms with Crippen LogP contribution in [0.4, 0.5) is 0 Å². The van der Waals surface area contributed by atoms with E-state index < -0.39 is 0 Å². The molecule has 2 saturated heterocycles. The van der Waals surface area contributed by atoms with E-state index >= 15 is 0 Å². The molecule has 0 aliphatic carbocycles. The van der Waals surface area contributed by atoms with Crippen molar-refractivity contribution in [1.29, 1.82) is 0 Å². The Balaban J connectivity index is 1.08. The Bertz CT molecular complexity index is 1630. The predicted molar refractivity (Wildman–Crippen MR) is 153 cm³/mol. The molecule has 7 heteroatoms. The van der Waals surface area contributed by atoms with Gasteiger partial charge in [-0.25, -0.2) is 4.98 Å². The number of imidazole rings is 1. The van der Waals surface area contributed by atoms with Crippen molar-refractivity contribution in [2.75, 3.05) is 39.4 Å². The second-order valence-corrected chi connectivity index (χ2v) is 10.5. The minimum Gasteiger partial charge on any atom is -0.379 e. The standard InChI is InChI=1S/C32H31N5O2/c38-32(36-13-10-29(11-14-36)35-15-17-39-18-16-35)24-3-1-23(2-4-24)28-7-8-31-34-21-30(37(31)22-28)26-5-6-27-20-33-12-9-25(27)19-26/h1-9,12,19-22,29H,10-11,13-18H2. The molecule has 0 bridgehead atoms. The lowest BCUT2D eigenvalue weighted by Crippen LogP contribution is -2.50. The summed E-state index contributed by atoms with van der Waals surface area (Å²) in [6.07, 6.45) is 9.82. The summed E-state index contributed by atoms with van der Waals surface area (Å²) in [5, 5.41) is 2.27. The number of hydrogen-bond acceptors (Lipinski definition) is 5. The number of piperidine rings is 1. The number of morpholine rings is 1. The van der Waals surface area contributed by atoms with Gasteiger partial charge in [-0.05, 0) is 65.8 Å². The lowest BCUT2D eigenvalue weighted by Gasteiger charge is -2.40. The maximum absolute atomic E-state index is 13.2. The van der Waals surface area contributed by atoms with Gasteiger partial charge in [-0.1, -0.05) is 24.3 Å². The summed E-state index contributed by atoms with van der Waals surface area (Å²) in [4.78, 5) is 26.6. The fourth-order valence-electron chi connectivity index (χ4n) is 5.97. The highest BCUT2D eigenvalue weighted by atomic mass is 16.5. The van der Waals surface area contributed by atoms with Crippen LogP contribution >= 0.6 is 0 Å². The number of aromatic nitrogens is 3. The van der Waals surface area contributed by atoms with Crippen LogP contribution in [-0.2, 0) is 4.74 Å². The van der Waals surface area contributed by atoms with Gasteiger partial charge in [0.25, 0.3) is 5.91 Å². The van der Waals surface area contributed by atoms with E-state index in [9.17, 15) is 4.79 Å². The van der Waals surface area contributed by atoms with E-state index in [4.69, 9.17) is 4.74 Å². The Morgan fingerprint density at radius 2 is 1.56 bits per heavy atom. The number of likely N-dealkylation sites (tertiary alicyclic amines) is 1. The Hall–Kier alpha value is -4.07. The van der Waals surface area contributed by atoms with Crippen LogP contribution in [0, 0.1) is 0 Å². The fourth-order valence-corrected chi connectivity index (χ4v) is 5.97. The zero-order valence-corrected chi connectivity index (χ0v) is 21.9. The summed E-state index contributed by atoms with van der Waals surface area (Å²) in [6.45, 7) is 5.28. The Morgan fingerprint density at radius 3 is 2.38 bits per heavy atom. The molecule has 0 spiro atoms. The SMILES string of the molecule is O=C(c1ccc(-c2ccc3ncc(-c4ccc5cnccc5c4)n3c2)cc1)N1CCC(N2CCOCC2)CC1. The molecule has 2 aliphatic heterocycles. The highest BCUT2D eigenvalue weighted by molar-refractivity contribution is 5.95. The molecule has 0 N–H and O–H groups in total. The van der Waals surface area contributed by atoms with Crippen LogP contribution in [-0.4, -0.2) is 75.5 Å². The van der Waals surface area contributed by atoms with E-state index in [1.54, 1.807) is 0 Å². The van der Waals surface area contributed by atoms with Gasteiger partial charge in [-0.15, -0.1) is 0 Å². The number of ether oxygens (including phenoxy) is 1. The summed E-state index contributed by atoms with van der Waals surface area (Å²) in [7, 11) is 0. The topological polar surface area (TPSA) is 63.0 Å². The van der Waals surface area contributed by atoms with Crippen molar-refractivity contribution in [3.05, 3.63) is 91.0 Å². The molecular weight excluding hydrogens is 486 g/mol. The number of carbonyl (C=O) groups is 1. The second kappa shape index (κ2) is 10.2. The van der Waals surface area contributed by atoms with Crippen LogP contribution in [0.15, 0.2) is 85.5 Å². The molecule has 7 rings (SSSR count). The van der Waals surface area contributed by atoms with Crippen molar-refractivity contribution in [2.45, 2.75) is 18.9 Å². The number of fused-ring (bicyclic) bond motifs is 2. The molecule has 0 unspecified atom stereocenters. The number of amides is 1. The normalized spacial score (nSPS) is 17.2. The molecule has 0 saturated carbocycles. The van der Waals surface area contributed by atoms with Crippen molar-refractivity contribution >= 4 is 22.3 Å². The van der Waals surface area contributed by atoms with Crippen molar-refractivity contribution < 1.29 is 9.53 Å². The van der Waals surface area contributed by atoms with Crippen LogP contribution in [0.3, 0.4) is 0 Å². The maximum atomic E-state index is 13.2. The van der Waals surface area contributed by atoms with Gasteiger partial charge in [0.2, 0.25) is 0 Å². The first-order valence-electron chi connectivity index (χ1n) is 13.8. The number of hydrogen-bond donors (Lipinski definition) is 0. The summed E-state index contributed by atoms with van der Waals surface area (Å²) in [6, 6.07) is 21.1. The summed E-state index contributed by atoms with van der Waals surface area (Å²) >= 11 is 0. The quantitative estimate of drug-likeness (QED) is 0.330. The van der Waals surface area contributed by atoms with Crippen LogP contribution < -0.4 is 0 Å². The van der Waals surface area contributed by atoms with E-state index in [0.717, 1.165) is 96.6 Å². The van der Waals surface area contributed by atoms with Crippen molar-refractivity contribution in [1.82, 2.24) is 24.2 Å². The molecule has 2 aliphatic rings. The van der Waals surface area contributed by atoms with Gasteiger partial charge < -0.3 is 9.64 Å². The third kappa shape index (κ3) is 4.68. The number of rotatable bonds is 4. The highest BCUT2D eigenvalue weighted by Crippen LogP contribution is 2.28. The lowest BCUT2D eigenvalue weighted by atomic mass is 10.0. The zero-order valence-electron chi connectivity index (χ0n) is 21.9.